The minimum atomic E-state index is -1.32. The van der Waals surface area contributed by atoms with Crippen molar-refractivity contribution in [2.24, 2.45) is 0 Å². The number of nitro groups is 1. The third-order valence-electron chi connectivity index (χ3n) is 4.44. The first-order valence-electron chi connectivity index (χ1n) is 9.07. The quantitative estimate of drug-likeness (QED) is 0.229. The maximum Gasteiger partial charge on any atom is 0.339 e. The number of amides is 1. The molecule has 0 unspecified atom stereocenters. The molecule has 0 saturated heterocycles. The minimum Gasteiger partial charge on any atom is -0.507 e. The maximum absolute atomic E-state index is 12.2. The molecule has 3 aromatic rings. The second kappa shape index (κ2) is 8.54. The third kappa shape index (κ3) is 4.78. The molecule has 0 aliphatic heterocycles. The Kier molecular flexibility index (Phi) is 5.87. The molecule has 0 fully saturated rings. The molecule has 2 aromatic carbocycles. The molecular weight excluding hydrogens is 404 g/mol. The minimum absolute atomic E-state index is 0.0837. The molecule has 0 aliphatic carbocycles. The van der Waals surface area contributed by atoms with E-state index in [0.717, 1.165) is 11.6 Å². The molecule has 3 N–H and O–H groups in total. The fourth-order valence-electron chi connectivity index (χ4n) is 2.94. The summed E-state index contributed by atoms with van der Waals surface area (Å²) in [6.07, 6.45) is 2.55. The van der Waals surface area contributed by atoms with Gasteiger partial charge in [-0.3, -0.25) is 14.9 Å². The molecule has 9 heteroatoms. The van der Waals surface area contributed by atoms with Gasteiger partial charge in [-0.1, -0.05) is 6.07 Å². The van der Waals surface area contributed by atoms with Gasteiger partial charge < -0.3 is 19.9 Å². The van der Waals surface area contributed by atoms with Gasteiger partial charge in [0, 0.05) is 17.8 Å². The number of carbonyl (C=O) groups excluding carboxylic acids is 1. The van der Waals surface area contributed by atoms with E-state index in [1.54, 1.807) is 31.2 Å². The van der Waals surface area contributed by atoms with Gasteiger partial charge in [-0.05, 0) is 61.4 Å². The summed E-state index contributed by atoms with van der Waals surface area (Å²) in [7, 11) is 0. The van der Waals surface area contributed by atoms with Crippen LogP contribution in [0.25, 0.3) is 17.4 Å². The van der Waals surface area contributed by atoms with Crippen molar-refractivity contribution < 1.29 is 29.1 Å². The van der Waals surface area contributed by atoms with E-state index in [1.807, 2.05) is 0 Å². The van der Waals surface area contributed by atoms with Crippen LogP contribution in [0.3, 0.4) is 0 Å². The van der Waals surface area contributed by atoms with Gasteiger partial charge in [0.1, 0.15) is 22.8 Å². The van der Waals surface area contributed by atoms with Crippen LogP contribution >= 0.6 is 0 Å². The summed E-state index contributed by atoms with van der Waals surface area (Å²) >= 11 is 0. The van der Waals surface area contributed by atoms with Crippen molar-refractivity contribution in [2.45, 2.75) is 13.8 Å². The van der Waals surface area contributed by atoms with E-state index in [9.17, 15) is 24.8 Å². The van der Waals surface area contributed by atoms with Crippen molar-refractivity contribution >= 4 is 29.3 Å². The number of carbonyl (C=O) groups is 2. The molecule has 31 heavy (non-hydrogen) atoms. The van der Waals surface area contributed by atoms with Crippen LogP contribution in [0.4, 0.5) is 11.4 Å². The molecule has 1 aromatic heterocycles. The number of phenols is 1. The van der Waals surface area contributed by atoms with Crippen LogP contribution in [0.1, 0.15) is 27.2 Å². The van der Waals surface area contributed by atoms with Gasteiger partial charge >= 0.3 is 5.97 Å². The molecule has 158 valence electrons. The molecule has 3 rings (SSSR count). The summed E-state index contributed by atoms with van der Waals surface area (Å²) < 4.78 is 5.60. The number of furan rings is 1. The predicted molar refractivity (Wildman–Crippen MR) is 113 cm³/mol. The van der Waals surface area contributed by atoms with E-state index in [2.05, 4.69) is 5.32 Å². The summed E-state index contributed by atoms with van der Waals surface area (Å²) in [5.41, 5.74) is 1.16. The normalized spacial score (nSPS) is 10.9. The number of rotatable bonds is 6. The number of carboxylic acids is 1. The van der Waals surface area contributed by atoms with Gasteiger partial charge in [0.15, 0.2) is 0 Å². The van der Waals surface area contributed by atoms with Gasteiger partial charge in [-0.2, -0.15) is 0 Å². The van der Waals surface area contributed by atoms with E-state index in [4.69, 9.17) is 9.52 Å². The molecule has 0 aliphatic rings. The van der Waals surface area contributed by atoms with Crippen molar-refractivity contribution in [3.05, 3.63) is 81.1 Å². The Morgan fingerprint density at radius 3 is 2.55 bits per heavy atom. The highest BCUT2D eigenvalue weighted by Gasteiger charge is 2.18. The number of hydrogen-bond acceptors (Lipinski definition) is 6. The number of aryl methyl sites for hydroxylation is 2. The van der Waals surface area contributed by atoms with Gasteiger partial charge in [-0.25, -0.2) is 4.79 Å². The number of nitro benzene ring substituents is 1. The highest BCUT2D eigenvalue weighted by Crippen LogP contribution is 2.32. The first kappa shape index (κ1) is 21.3. The van der Waals surface area contributed by atoms with E-state index >= 15 is 0 Å². The van der Waals surface area contributed by atoms with Crippen LogP contribution in [0.5, 0.6) is 5.75 Å². The molecule has 9 nitrogen and oxygen atoms in total. The SMILES string of the molecule is Cc1ccc(-c2ccc(/C=C/C(=O)Nc3cc(C)c(O)c(C(=O)O)c3)o2)c([N+](=O)[O-])c1. The Labute approximate surface area is 176 Å². The number of anilines is 1. The zero-order valence-electron chi connectivity index (χ0n) is 16.6. The van der Waals surface area contributed by atoms with Crippen molar-refractivity contribution in [3.8, 4) is 17.1 Å². The number of carboxylic acid groups (broad SMARTS) is 1. The largest absolute Gasteiger partial charge is 0.507 e. The Hall–Kier alpha value is -4.40. The van der Waals surface area contributed by atoms with E-state index in [1.165, 1.54) is 31.2 Å². The number of nitrogens with one attached hydrogen (secondary N) is 1. The Morgan fingerprint density at radius 1 is 1.13 bits per heavy atom. The Bertz CT molecular complexity index is 1220. The lowest BCUT2D eigenvalue weighted by Crippen LogP contribution is -2.09. The third-order valence-corrected chi connectivity index (χ3v) is 4.44. The molecule has 0 radical (unpaired) electrons. The molecule has 0 bridgehead atoms. The zero-order chi connectivity index (χ0) is 22.7. The van der Waals surface area contributed by atoms with Crippen LogP contribution in [-0.2, 0) is 4.79 Å². The zero-order valence-corrected chi connectivity index (χ0v) is 16.6. The van der Waals surface area contributed by atoms with Crippen molar-refractivity contribution in [1.82, 2.24) is 0 Å². The van der Waals surface area contributed by atoms with Crippen molar-refractivity contribution in [2.75, 3.05) is 5.32 Å². The predicted octanol–water partition coefficient (Wildman–Crippen LogP) is 4.53. The number of benzene rings is 2. The average molecular weight is 422 g/mol. The molecule has 1 amide bonds. The van der Waals surface area contributed by atoms with Gasteiger partial charge in [-0.15, -0.1) is 0 Å². The lowest BCUT2D eigenvalue weighted by Gasteiger charge is -2.08. The fourth-order valence-corrected chi connectivity index (χ4v) is 2.94. The van der Waals surface area contributed by atoms with Crippen LogP contribution in [-0.4, -0.2) is 27.0 Å². The van der Waals surface area contributed by atoms with Crippen LogP contribution in [0.2, 0.25) is 0 Å². The molecule has 0 saturated carbocycles. The standard InChI is InChI=1S/C22H18N2O7/c1-12-3-6-16(18(9-12)24(29)30)19-7-4-15(31-19)5-8-20(25)23-14-10-13(2)21(26)17(11-14)22(27)28/h3-11,26H,1-2H3,(H,23,25)(H,27,28)/b8-5+. The second-order valence-corrected chi connectivity index (χ2v) is 6.80. The Balaban J connectivity index is 1.77. The molecule has 0 spiro atoms. The summed E-state index contributed by atoms with van der Waals surface area (Å²) in [4.78, 5) is 34.2. The van der Waals surface area contributed by atoms with Gasteiger partial charge in [0.05, 0.1) is 10.5 Å². The summed E-state index contributed by atoms with van der Waals surface area (Å²) in [6.45, 7) is 3.27. The molecule has 0 atom stereocenters. The molecular formula is C22H18N2O7. The van der Waals surface area contributed by atoms with E-state index in [-0.39, 0.29) is 28.4 Å². The molecule has 1 heterocycles. The number of aromatic hydroxyl groups is 1. The highest BCUT2D eigenvalue weighted by atomic mass is 16.6. The van der Waals surface area contributed by atoms with Gasteiger partial charge in [0.25, 0.3) is 5.69 Å². The smallest absolute Gasteiger partial charge is 0.339 e. The van der Waals surface area contributed by atoms with Crippen LogP contribution in [0.15, 0.2) is 53.0 Å². The van der Waals surface area contributed by atoms with Gasteiger partial charge in [0.2, 0.25) is 5.91 Å². The average Bonchev–Trinajstić information content (AvgIpc) is 3.17. The summed E-state index contributed by atoms with van der Waals surface area (Å²) in [5, 5.41) is 32.7. The lowest BCUT2D eigenvalue weighted by atomic mass is 10.1. The van der Waals surface area contributed by atoms with E-state index in [0.29, 0.717) is 16.9 Å². The summed E-state index contributed by atoms with van der Waals surface area (Å²) in [6, 6.07) is 10.5. The number of nitrogens with zero attached hydrogens (tertiary/aromatic N) is 1. The van der Waals surface area contributed by atoms with Crippen molar-refractivity contribution in [1.29, 1.82) is 0 Å². The first-order valence-corrected chi connectivity index (χ1v) is 9.07. The Morgan fingerprint density at radius 2 is 1.87 bits per heavy atom. The fraction of sp³-hybridized carbons (Fsp3) is 0.0909. The van der Waals surface area contributed by atoms with Crippen LogP contribution in [0, 0.1) is 24.0 Å². The monoisotopic (exact) mass is 422 g/mol. The number of aromatic carboxylic acids is 1. The van der Waals surface area contributed by atoms with Crippen LogP contribution < -0.4 is 5.32 Å². The summed E-state index contributed by atoms with van der Waals surface area (Å²) in [5.74, 6) is -1.66. The topological polar surface area (TPSA) is 143 Å². The van der Waals surface area contributed by atoms with Crippen molar-refractivity contribution in [3.63, 3.8) is 0 Å². The highest BCUT2D eigenvalue weighted by molar-refractivity contribution is 6.03. The first-order chi connectivity index (χ1) is 14.7. The van der Waals surface area contributed by atoms with E-state index < -0.39 is 16.8 Å². The maximum atomic E-state index is 12.2. The second-order valence-electron chi connectivity index (χ2n) is 6.80. The number of hydrogen-bond donors (Lipinski definition) is 3. The lowest BCUT2D eigenvalue weighted by molar-refractivity contribution is -0.384.